The van der Waals surface area contributed by atoms with Gasteiger partial charge in [0.2, 0.25) is 0 Å². The van der Waals surface area contributed by atoms with Crippen LogP contribution in [0.25, 0.3) is 0 Å². The highest BCUT2D eigenvalue weighted by Gasteiger charge is 2.24. The van der Waals surface area contributed by atoms with Gasteiger partial charge in [-0.15, -0.1) is 0 Å². The van der Waals surface area contributed by atoms with Crippen LogP contribution < -0.4 is 5.32 Å². The number of rotatable bonds is 9. The Morgan fingerprint density at radius 3 is 2.71 bits per heavy atom. The van der Waals surface area contributed by atoms with Crippen LogP contribution in [0.1, 0.15) is 40.0 Å². The Labute approximate surface area is 107 Å². The lowest BCUT2D eigenvalue weighted by Crippen LogP contribution is -2.34. The van der Waals surface area contributed by atoms with Gasteiger partial charge in [0.05, 0.1) is 0 Å². The molecule has 1 heterocycles. The minimum absolute atomic E-state index is 0.782. The van der Waals surface area contributed by atoms with Gasteiger partial charge in [-0.25, -0.2) is 0 Å². The molecular weight excluding hydrogens is 212 g/mol. The van der Waals surface area contributed by atoms with Crippen molar-refractivity contribution in [2.45, 2.75) is 46.1 Å². The monoisotopic (exact) mass is 242 g/mol. The van der Waals surface area contributed by atoms with Crippen LogP contribution in [0.15, 0.2) is 0 Å². The van der Waals surface area contributed by atoms with E-state index in [2.05, 4.69) is 31.0 Å². The number of nitrogens with one attached hydrogen (secondary N) is 1. The van der Waals surface area contributed by atoms with Crippen molar-refractivity contribution in [1.82, 2.24) is 10.2 Å². The number of nitrogens with zero attached hydrogens (tertiary/aromatic N) is 1. The molecule has 0 aromatic rings. The van der Waals surface area contributed by atoms with Gasteiger partial charge in [-0.2, -0.15) is 0 Å². The maximum atomic E-state index is 5.31. The number of hydrogen-bond donors (Lipinski definition) is 1. The van der Waals surface area contributed by atoms with E-state index >= 15 is 0 Å². The fourth-order valence-electron chi connectivity index (χ4n) is 2.64. The largest absolute Gasteiger partial charge is 0.382 e. The molecule has 0 aromatic carbocycles. The Morgan fingerprint density at radius 1 is 1.24 bits per heavy atom. The Balaban J connectivity index is 1.87. The van der Waals surface area contributed by atoms with Crippen LogP contribution >= 0.6 is 0 Å². The van der Waals surface area contributed by atoms with Gasteiger partial charge in [0.25, 0.3) is 0 Å². The first-order valence-electron chi connectivity index (χ1n) is 7.26. The quantitative estimate of drug-likeness (QED) is 0.627. The van der Waals surface area contributed by atoms with Crippen LogP contribution in [-0.2, 0) is 4.74 Å². The van der Waals surface area contributed by atoms with E-state index in [4.69, 9.17) is 4.74 Å². The summed E-state index contributed by atoms with van der Waals surface area (Å²) >= 11 is 0. The van der Waals surface area contributed by atoms with Gasteiger partial charge in [0, 0.05) is 38.9 Å². The number of likely N-dealkylation sites (tertiary alicyclic amines) is 1. The molecule has 1 N–H and O–H groups in total. The van der Waals surface area contributed by atoms with E-state index in [1.165, 1.54) is 32.4 Å². The van der Waals surface area contributed by atoms with E-state index < -0.39 is 0 Å². The molecule has 0 bridgehead atoms. The molecule has 3 heteroatoms. The molecule has 0 spiro atoms. The van der Waals surface area contributed by atoms with Crippen LogP contribution in [0.2, 0.25) is 0 Å². The van der Waals surface area contributed by atoms with Crippen molar-refractivity contribution in [2.24, 2.45) is 5.92 Å². The maximum Gasteiger partial charge on any atom is 0.0466 e. The summed E-state index contributed by atoms with van der Waals surface area (Å²) in [5.74, 6) is 0.885. The molecule has 1 saturated heterocycles. The van der Waals surface area contributed by atoms with E-state index in [1.54, 1.807) is 0 Å². The second-order valence-electron chi connectivity index (χ2n) is 5.34. The molecule has 17 heavy (non-hydrogen) atoms. The van der Waals surface area contributed by atoms with E-state index in [0.29, 0.717) is 0 Å². The van der Waals surface area contributed by atoms with Gasteiger partial charge in [0.1, 0.15) is 0 Å². The van der Waals surface area contributed by atoms with Gasteiger partial charge >= 0.3 is 0 Å². The summed E-state index contributed by atoms with van der Waals surface area (Å²) in [6.45, 7) is 13.3. The first kappa shape index (κ1) is 14.9. The molecule has 2 unspecified atom stereocenters. The summed E-state index contributed by atoms with van der Waals surface area (Å²) in [5.41, 5.74) is 0. The summed E-state index contributed by atoms with van der Waals surface area (Å²) in [4.78, 5) is 2.61. The van der Waals surface area contributed by atoms with Crippen LogP contribution in [0, 0.1) is 5.92 Å². The summed E-state index contributed by atoms with van der Waals surface area (Å²) in [5, 5.41) is 3.53. The molecule has 1 aliphatic rings. The van der Waals surface area contributed by atoms with Gasteiger partial charge in [-0.05, 0) is 45.6 Å². The molecule has 0 radical (unpaired) electrons. The summed E-state index contributed by atoms with van der Waals surface area (Å²) in [7, 11) is 0. The minimum atomic E-state index is 0.782. The number of ether oxygens (including phenoxy) is 1. The molecule has 1 rings (SSSR count). The predicted molar refractivity (Wildman–Crippen MR) is 73.4 cm³/mol. The van der Waals surface area contributed by atoms with Crippen molar-refractivity contribution in [3.05, 3.63) is 0 Å². The normalized spacial score (nSPS) is 25.6. The first-order valence-corrected chi connectivity index (χ1v) is 7.26. The first-order chi connectivity index (χ1) is 8.24. The molecule has 0 aliphatic carbocycles. The highest BCUT2D eigenvalue weighted by Crippen LogP contribution is 2.21. The minimum Gasteiger partial charge on any atom is -0.382 e. The molecule has 0 aromatic heterocycles. The third-order valence-electron chi connectivity index (χ3n) is 3.59. The molecule has 0 amide bonds. The van der Waals surface area contributed by atoms with Gasteiger partial charge < -0.3 is 10.1 Å². The fraction of sp³-hybridized carbons (Fsp3) is 1.00. The predicted octanol–water partition coefficient (Wildman–Crippen LogP) is 2.12. The zero-order valence-corrected chi connectivity index (χ0v) is 11.9. The summed E-state index contributed by atoms with van der Waals surface area (Å²) in [6.07, 6.45) is 3.78. The second-order valence-corrected chi connectivity index (χ2v) is 5.34. The number of unbranched alkanes of at least 4 members (excludes halogenated alkanes) is 1. The SMILES string of the molecule is CCOCCCCNCCN1CC(C)CC1C. The zero-order valence-electron chi connectivity index (χ0n) is 11.9. The number of hydrogen-bond acceptors (Lipinski definition) is 3. The zero-order chi connectivity index (χ0) is 12.5. The molecular formula is C14H30N2O. The average Bonchev–Trinajstić information content (AvgIpc) is 2.61. The Hall–Kier alpha value is -0.120. The van der Waals surface area contributed by atoms with Crippen molar-refractivity contribution in [2.75, 3.05) is 39.4 Å². The molecule has 1 fully saturated rings. The van der Waals surface area contributed by atoms with Gasteiger partial charge in [-0.1, -0.05) is 6.92 Å². The van der Waals surface area contributed by atoms with Crippen LogP contribution in [-0.4, -0.2) is 50.3 Å². The summed E-state index contributed by atoms with van der Waals surface area (Å²) in [6, 6.07) is 0.782. The van der Waals surface area contributed by atoms with Gasteiger partial charge in [0.15, 0.2) is 0 Å². The van der Waals surface area contributed by atoms with Crippen molar-refractivity contribution in [1.29, 1.82) is 0 Å². The molecule has 2 atom stereocenters. The standard InChI is InChI=1S/C14H30N2O/c1-4-17-10-6-5-7-15-8-9-16-12-13(2)11-14(16)3/h13-15H,4-12H2,1-3H3. The summed E-state index contributed by atoms with van der Waals surface area (Å²) < 4.78 is 5.31. The Morgan fingerprint density at radius 2 is 2.06 bits per heavy atom. The fourth-order valence-corrected chi connectivity index (χ4v) is 2.64. The topological polar surface area (TPSA) is 24.5 Å². The lowest BCUT2D eigenvalue weighted by molar-refractivity contribution is 0.143. The van der Waals surface area contributed by atoms with Crippen molar-refractivity contribution >= 4 is 0 Å². The Kier molecular flexibility index (Phi) is 7.82. The van der Waals surface area contributed by atoms with E-state index in [-0.39, 0.29) is 0 Å². The van der Waals surface area contributed by atoms with Crippen LogP contribution in [0.4, 0.5) is 0 Å². The van der Waals surface area contributed by atoms with E-state index in [9.17, 15) is 0 Å². The van der Waals surface area contributed by atoms with Crippen molar-refractivity contribution in [3.8, 4) is 0 Å². The lowest BCUT2D eigenvalue weighted by Gasteiger charge is -2.21. The highest BCUT2D eigenvalue weighted by molar-refractivity contribution is 4.80. The highest BCUT2D eigenvalue weighted by atomic mass is 16.5. The third kappa shape index (κ3) is 6.39. The van der Waals surface area contributed by atoms with Crippen LogP contribution in [0.5, 0.6) is 0 Å². The molecule has 0 saturated carbocycles. The van der Waals surface area contributed by atoms with E-state index in [1.807, 2.05) is 0 Å². The second kappa shape index (κ2) is 8.90. The van der Waals surface area contributed by atoms with Gasteiger partial charge in [-0.3, -0.25) is 4.90 Å². The smallest absolute Gasteiger partial charge is 0.0466 e. The molecule has 3 nitrogen and oxygen atoms in total. The lowest BCUT2D eigenvalue weighted by atomic mass is 10.1. The molecule has 102 valence electrons. The van der Waals surface area contributed by atoms with Crippen LogP contribution in [0.3, 0.4) is 0 Å². The molecule has 1 aliphatic heterocycles. The maximum absolute atomic E-state index is 5.31. The van der Waals surface area contributed by atoms with Crippen molar-refractivity contribution in [3.63, 3.8) is 0 Å². The van der Waals surface area contributed by atoms with Crippen molar-refractivity contribution < 1.29 is 4.74 Å². The Bertz CT molecular complexity index is 187. The average molecular weight is 242 g/mol. The third-order valence-corrected chi connectivity index (χ3v) is 3.59. The van der Waals surface area contributed by atoms with E-state index in [0.717, 1.165) is 38.3 Å².